The standard InChI is InChI=1S/C14H15F3O4/c1-3-19-12(14(15,16)17)9-21-11-7-5-10(6-8-11)13(18)20-4-2/h5-9H,3-4H2,1-2H3/b12-9-. The van der Waals surface area contributed by atoms with E-state index in [1.165, 1.54) is 31.2 Å². The van der Waals surface area contributed by atoms with Gasteiger partial charge in [0.25, 0.3) is 0 Å². The molecule has 0 aliphatic heterocycles. The Morgan fingerprint density at radius 1 is 1.10 bits per heavy atom. The maximum Gasteiger partial charge on any atom is 0.452 e. The summed E-state index contributed by atoms with van der Waals surface area (Å²) in [6.07, 6.45) is -4.14. The largest absolute Gasteiger partial charge is 0.487 e. The molecule has 0 saturated carbocycles. The zero-order valence-electron chi connectivity index (χ0n) is 11.6. The van der Waals surface area contributed by atoms with Crippen LogP contribution in [0, 0.1) is 0 Å². The topological polar surface area (TPSA) is 44.8 Å². The number of carbonyl (C=O) groups excluding carboxylic acids is 1. The first-order valence-corrected chi connectivity index (χ1v) is 6.22. The maximum atomic E-state index is 12.5. The highest BCUT2D eigenvalue weighted by molar-refractivity contribution is 5.89. The van der Waals surface area contributed by atoms with E-state index in [0.29, 0.717) is 6.26 Å². The van der Waals surface area contributed by atoms with E-state index in [-0.39, 0.29) is 24.5 Å². The highest BCUT2D eigenvalue weighted by Crippen LogP contribution is 2.27. The van der Waals surface area contributed by atoms with E-state index in [1.807, 2.05) is 0 Å². The fourth-order valence-corrected chi connectivity index (χ4v) is 1.34. The Kier molecular flexibility index (Phi) is 6.08. The summed E-state index contributed by atoms with van der Waals surface area (Å²) in [7, 11) is 0. The lowest BCUT2D eigenvalue weighted by atomic mass is 10.2. The third kappa shape index (κ3) is 5.37. The van der Waals surface area contributed by atoms with Gasteiger partial charge in [-0.15, -0.1) is 0 Å². The van der Waals surface area contributed by atoms with Crippen LogP contribution in [0.2, 0.25) is 0 Å². The molecule has 0 amide bonds. The molecule has 116 valence electrons. The Balaban J connectivity index is 2.77. The summed E-state index contributed by atoms with van der Waals surface area (Å²) in [5.41, 5.74) is 0.286. The van der Waals surface area contributed by atoms with Crippen LogP contribution in [0.4, 0.5) is 13.2 Å². The molecule has 7 heteroatoms. The second-order valence-electron chi connectivity index (χ2n) is 3.78. The number of rotatable bonds is 6. The van der Waals surface area contributed by atoms with Gasteiger partial charge < -0.3 is 14.2 Å². The number of hydrogen-bond acceptors (Lipinski definition) is 4. The molecule has 0 fully saturated rings. The minimum absolute atomic E-state index is 0.128. The van der Waals surface area contributed by atoms with E-state index in [4.69, 9.17) is 9.47 Å². The smallest absolute Gasteiger partial charge is 0.452 e. The van der Waals surface area contributed by atoms with Gasteiger partial charge in [-0.1, -0.05) is 0 Å². The van der Waals surface area contributed by atoms with Crippen LogP contribution in [-0.2, 0) is 9.47 Å². The van der Waals surface area contributed by atoms with Gasteiger partial charge in [0, 0.05) is 0 Å². The minimum Gasteiger partial charge on any atom is -0.487 e. The van der Waals surface area contributed by atoms with Crippen LogP contribution in [0.1, 0.15) is 24.2 Å². The van der Waals surface area contributed by atoms with E-state index in [0.717, 1.165) is 0 Å². The molecule has 1 rings (SSSR count). The normalized spacial score (nSPS) is 12.0. The van der Waals surface area contributed by atoms with Crippen LogP contribution in [0.5, 0.6) is 5.75 Å². The van der Waals surface area contributed by atoms with Gasteiger partial charge >= 0.3 is 12.1 Å². The molecule has 0 saturated heterocycles. The molecule has 1 aromatic rings. The molecule has 0 radical (unpaired) electrons. The summed E-state index contributed by atoms with van der Waals surface area (Å²) in [5, 5.41) is 0. The van der Waals surface area contributed by atoms with Gasteiger partial charge in [0.2, 0.25) is 5.76 Å². The summed E-state index contributed by atoms with van der Waals surface area (Å²) in [4.78, 5) is 11.4. The van der Waals surface area contributed by atoms with E-state index in [9.17, 15) is 18.0 Å². The molecular formula is C14H15F3O4. The van der Waals surface area contributed by atoms with Crippen molar-refractivity contribution >= 4 is 5.97 Å². The van der Waals surface area contributed by atoms with Gasteiger partial charge in [-0.25, -0.2) is 4.79 Å². The first-order chi connectivity index (χ1) is 9.88. The number of hydrogen-bond donors (Lipinski definition) is 0. The van der Waals surface area contributed by atoms with Crippen molar-refractivity contribution in [2.45, 2.75) is 20.0 Å². The molecule has 0 heterocycles. The fraction of sp³-hybridized carbons (Fsp3) is 0.357. The number of benzene rings is 1. The monoisotopic (exact) mass is 304 g/mol. The summed E-state index contributed by atoms with van der Waals surface area (Å²) < 4.78 is 51.7. The second kappa shape index (κ2) is 7.56. The Labute approximate surface area is 120 Å². The quantitative estimate of drug-likeness (QED) is 0.594. The van der Waals surface area contributed by atoms with Gasteiger partial charge in [-0.05, 0) is 38.1 Å². The van der Waals surface area contributed by atoms with Gasteiger partial charge in [-0.2, -0.15) is 13.2 Å². The molecule has 1 aromatic carbocycles. The van der Waals surface area contributed by atoms with Crippen LogP contribution >= 0.6 is 0 Å². The van der Waals surface area contributed by atoms with E-state index >= 15 is 0 Å². The lowest BCUT2D eigenvalue weighted by molar-refractivity contribution is -0.132. The molecule has 0 aliphatic carbocycles. The SMILES string of the molecule is CCOC(=O)c1ccc(O/C=C(\OCC)C(F)(F)F)cc1. The predicted octanol–water partition coefficient (Wildman–Crippen LogP) is 3.68. The highest BCUT2D eigenvalue weighted by Gasteiger charge is 2.36. The van der Waals surface area contributed by atoms with Gasteiger partial charge in [0.15, 0.2) is 0 Å². The van der Waals surface area contributed by atoms with Crippen LogP contribution in [0.3, 0.4) is 0 Å². The lowest BCUT2D eigenvalue weighted by Crippen LogP contribution is -2.15. The average molecular weight is 304 g/mol. The molecule has 21 heavy (non-hydrogen) atoms. The van der Waals surface area contributed by atoms with E-state index in [2.05, 4.69) is 4.74 Å². The molecule has 0 spiro atoms. The van der Waals surface area contributed by atoms with Crippen molar-refractivity contribution in [2.24, 2.45) is 0 Å². The molecule has 4 nitrogen and oxygen atoms in total. The summed E-state index contributed by atoms with van der Waals surface area (Å²) in [5.74, 6) is -1.59. The van der Waals surface area contributed by atoms with Crippen molar-refractivity contribution in [1.29, 1.82) is 0 Å². The van der Waals surface area contributed by atoms with Crippen LogP contribution in [0.15, 0.2) is 36.3 Å². The number of ether oxygens (including phenoxy) is 3. The number of alkyl halides is 3. The zero-order valence-corrected chi connectivity index (χ0v) is 11.6. The van der Waals surface area contributed by atoms with Crippen molar-refractivity contribution in [3.63, 3.8) is 0 Å². The Hall–Kier alpha value is -2.18. The molecule has 0 bridgehead atoms. The van der Waals surface area contributed by atoms with Crippen LogP contribution in [0.25, 0.3) is 0 Å². The Bertz CT molecular complexity index is 492. The first kappa shape index (κ1) is 16.9. The Morgan fingerprint density at radius 2 is 1.67 bits per heavy atom. The van der Waals surface area contributed by atoms with Crippen molar-refractivity contribution in [1.82, 2.24) is 0 Å². The molecule has 0 aliphatic rings. The predicted molar refractivity (Wildman–Crippen MR) is 68.8 cm³/mol. The van der Waals surface area contributed by atoms with E-state index in [1.54, 1.807) is 6.92 Å². The molecule has 0 aromatic heterocycles. The van der Waals surface area contributed by atoms with Crippen molar-refractivity contribution < 1.29 is 32.2 Å². The first-order valence-electron chi connectivity index (χ1n) is 6.22. The van der Waals surface area contributed by atoms with Crippen molar-refractivity contribution in [2.75, 3.05) is 13.2 Å². The minimum atomic E-state index is -4.62. The Morgan fingerprint density at radius 3 is 2.14 bits per heavy atom. The number of esters is 1. The third-order valence-corrected chi connectivity index (χ3v) is 2.25. The molecule has 0 N–H and O–H groups in total. The van der Waals surface area contributed by atoms with Gasteiger partial charge in [0.1, 0.15) is 12.0 Å². The summed E-state index contributed by atoms with van der Waals surface area (Å²) >= 11 is 0. The van der Waals surface area contributed by atoms with Crippen molar-refractivity contribution in [3.05, 3.63) is 41.9 Å². The van der Waals surface area contributed by atoms with Gasteiger partial charge in [0.05, 0.1) is 18.8 Å². The maximum absolute atomic E-state index is 12.5. The molecule has 0 atom stereocenters. The van der Waals surface area contributed by atoms with Crippen molar-refractivity contribution in [3.8, 4) is 5.75 Å². The lowest BCUT2D eigenvalue weighted by Gasteiger charge is -2.12. The van der Waals surface area contributed by atoms with Gasteiger partial charge in [-0.3, -0.25) is 0 Å². The summed E-state index contributed by atoms with van der Waals surface area (Å²) in [6, 6.07) is 5.52. The number of allylic oxidation sites excluding steroid dienone is 1. The number of carbonyl (C=O) groups is 1. The average Bonchev–Trinajstić information content (AvgIpc) is 2.43. The third-order valence-electron chi connectivity index (χ3n) is 2.25. The second-order valence-corrected chi connectivity index (χ2v) is 3.78. The zero-order chi connectivity index (χ0) is 15.9. The summed E-state index contributed by atoms with van der Waals surface area (Å²) in [6.45, 7) is 3.22. The number of halogens is 3. The molecule has 0 unspecified atom stereocenters. The fourth-order valence-electron chi connectivity index (χ4n) is 1.34. The highest BCUT2D eigenvalue weighted by atomic mass is 19.4. The van der Waals surface area contributed by atoms with Crippen LogP contribution < -0.4 is 4.74 Å². The van der Waals surface area contributed by atoms with E-state index < -0.39 is 17.9 Å². The molecular weight excluding hydrogens is 289 g/mol. The van der Waals surface area contributed by atoms with Crippen LogP contribution in [-0.4, -0.2) is 25.4 Å².